The first kappa shape index (κ1) is 25.1. The number of benzene rings is 2. The van der Waals surface area contributed by atoms with Crippen LogP contribution in [0.4, 0.5) is 11.4 Å². The number of nitro benzene ring substituents is 1. The smallest absolute Gasteiger partial charge is 0.315 e. The molecule has 0 saturated heterocycles. The second kappa shape index (κ2) is 10.3. The summed E-state index contributed by atoms with van der Waals surface area (Å²) in [5, 5.41) is 13.9. The lowest BCUT2D eigenvalue weighted by Gasteiger charge is -2.08. The van der Waals surface area contributed by atoms with Crippen LogP contribution < -0.4 is 14.8 Å². The van der Waals surface area contributed by atoms with Gasteiger partial charge in [0.15, 0.2) is 11.5 Å². The normalized spacial score (nSPS) is 10.7. The number of hydrogen-bond acceptors (Lipinski definition) is 7. The number of fused-ring (bicyclic) bond motifs is 1. The zero-order valence-corrected chi connectivity index (χ0v) is 20.3. The van der Waals surface area contributed by atoms with Gasteiger partial charge in [0.2, 0.25) is 11.7 Å². The minimum absolute atomic E-state index is 0.0197. The summed E-state index contributed by atoms with van der Waals surface area (Å²) in [5.41, 5.74) is 2.08. The third kappa shape index (κ3) is 5.18. The number of carbonyl (C=O) groups excluding carboxylic acids is 3. The molecular weight excluding hydrogens is 478 g/mol. The zero-order valence-electron chi connectivity index (χ0n) is 20.3. The van der Waals surface area contributed by atoms with Crippen molar-refractivity contribution in [1.29, 1.82) is 0 Å². The highest BCUT2D eigenvalue weighted by atomic mass is 16.6. The highest BCUT2D eigenvalue weighted by Crippen LogP contribution is 2.35. The van der Waals surface area contributed by atoms with Gasteiger partial charge in [-0.3, -0.25) is 24.5 Å². The Morgan fingerprint density at radius 1 is 1.05 bits per heavy atom. The summed E-state index contributed by atoms with van der Waals surface area (Å²) in [6.45, 7) is 3.01. The molecule has 0 atom stereocenters. The van der Waals surface area contributed by atoms with E-state index in [1.807, 2.05) is 18.2 Å². The Hall–Kier alpha value is -4.99. The molecule has 0 spiro atoms. The molecule has 1 N–H and O–H groups in total. The van der Waals surface area contributed by atoms with Crippen LogP contribution in [0, 0.1) is 17.0 Å². The van der Waals surface area contributed by atoms with E-state index in [-0.39, 0.29) is 40.8 Å². The standard InChI is InChI=1S/C27H23N3O7/c1-16-25(26(33)19-9-10-21(30(34)35)23(14-19)36-3)29-12-11-20(28-17(2)31)15-22(29)27(16)37-24(32)13-18-7-5-4-6-8-18/h4-12,14-15H,13H2,1-3H3,(H,28,31). The van der Waals surface area contributed by atoms with Crippen molar-refractivity contribution in [3.63, 3.8) is 0 Å². The number of esters is 1. The largest absolute Gasteiger partial charge is 0.490 e. The zero-order chi connectivity index (χ0) is 26.7. The van der Waals surface area contributed by atoms with Gasteiger partial charge in [0.05, 0.1) is 24.0 Å². The number of ether oxygens (including phenoxy) is 2. The van der Waals surface area contributed by atoms with Crippen LogP contribution >= 0.6 is 0 Å². The first-order chi connectivity index (χ1) is 17.7. The molecule has 0 unspecified atom stereocenters. The van der Waals surface area contributed by atoms with Gasteiger partial charge in [-0.2, -0.15) is 0 Å². The summed E-state index contributed by atoms with van der Waals surface area (Å²) >= 11 is 0. The maximum atomic E-state index is 13.6. The summed E-state index contributed by atoms with van der Waals surface area (Å²) in [7, 11) is 1.28. The lowest BCUT2D eigenvalue weighted by molar-refractivity contribution is -0.385. The second-order valence-corrected chi connectivity index (χ2v) is 8.26. The SMILES string of the molecule is COc1cc(C(=O)c2c(C)c(OC(=O)Cc3ccccc3)c3cc(NC(C)=O)ccn23)ccc1[N+](=O)[O-]. The predicted molar refractivity (Wildman–Crippen MR) is 135 cm³/mol. The molecule has 10 nitrogen and oxygen atoms in total. The highest BCUT2D eigenvalue weighted by Gasteiger charge is 2.26. The molecule has 1 amide bonds. The Morgan fingerprint density at radius 2 is 1.78 bits per heavy atom. The van der Waals surface area contributed by atoms with Gasteiger partial charge < -0.3 is 19.2 Å². The number of nitrogens with zero attached hydrogens (tertiary/aromatic N) is 2. The quantitative estimate of drug-likeness (QED) is 0.163. The molecule has 0 fully saturated rings. The van der Waals surface area contributed by atoms with Crippen LogP contribution in [-0.4, -0.2) is 34.1 Å². The number of hydrogen-bond donors (Lipinski definition) is 1. The fourth-order valence-corrected chi connectivity index (χ4v) is 4.06. The molecule has 4 rings (SSSR count). The second-order valence-electron chi connectivity index (χ2n) is 8.26. The van der Waals surface area contributed by atoms with Gasteiger partial charge in [-0.05, 0) is 36.8 Å². The van der Waals surface area contributed by atoms with Gasteiger partial charge in [0.1, 0.15) is 5.69 Å². The third-order valence-electron chi connectivity index (χ3n) is 5.71. The first-order valence-electron chi connectivity index (χ1n) is 11.2. The molecule has 0 aliphatic heterocycles. The van der Waals surface area contributed by atoms with Crippen molar-refractivity contribution in [2.45, 2.75) is 20.3 Å². The van der Waals surface area contributed by atoms with Crippen LogP contribution in [0.1, 0.15) is 34.1 Å². The fraction of sp³-hybridized carbons (Fsp3) is 0.148. The summed E-state index contributed by atoms with van der Waals surface area (Å²) in [6.07, 6.45) is 1.60. The molecule has 0 saturated carbocycles. The van der Waals surface area contributed by atoms with Crippen molar-refractivity contribution in [1.82, 2.24) is 4.40 Å². The summed E-state index contributed by atoms with van der Waals surface area (Å²) in [5.74, 6) is -1.16. The average Bonchev–Trinajstić information content (AvgIpc) is 3.13. The number of amides is 1. The van der Waals surface area contributed by atoms with E-state index in [1.54, 1.807) is 41.8 Å². The molecule has 10 heteroatoms. The van der Waals surface area contributed by atoms with E-state index in [4.69, 9.17) is 9.47 Å². The summed E-state index contributed by atoms with van der Waals surface area (Å²) < 4.78 is 12.4. The van der Waals surface area contributed by atoms with Gasteiger partial charge in [-0.15, -0.1) is 0 Å². The average molecular weight is 501 g/mol. The number of anilines is 1. The van der Waals surface area contributed by atoms with Crippen LogP contribution in [0.3, 0.4) is 0 Å². The Balaban J connectivity index is 1.80. The summed E-state index contributed by atoms with van der Waals surface area (Å²) in [4.78, 5) is 48.7. The lowest BCUT2D eigenvalue weighted by Crippen LogP contribution is -2.12. The number of aromatic nitrogens is 1. The highest BCUT2D eigenvalue weighted by molar-refractivity contribution is 6.11. The molecule has 0 radical (unpaired) electrons. The van der Waals surface area contributed by atoms with Crippen LogP contribution in [0.25, 0.3) is 5.52 Å². The number of nitrogens with one attached hydrogen (secondary N) is 1. The number of carbonyl (C=O) groups is 3. The minimum atomic E-state index is -0.598. The van der Waals surface area contributed by atoms with Crippen molar-refractivity contribution in [3.8, 4) is 11.5 Å². The van der Waals surface area contributed by atoms with E-state index in [2.05, 4.69) is 5.32 Å². The van der Waals surface area contributed by atoms with E-state index in [0.717, 1.165) is 5.56 Å². The van der Waals surface area contributed by atoms with E-state index in [0.29, 0.717) is 16.8 Å². The predicted octanol–water partition coefficient (Wildman–Crippen LogP) is 4.50. The van der Waals surface area contributed by atoms with Gasteiger partial charge in [0, 0.05) is 36.0 Å². The van der Waals surface area contributed by atoms with Crippen molar-refractivity contribution < 1.29 is 28.8 Å². The molecule has 2 heterocycles. The van der Waals surface area contributed by atoms with Gasteiger partial charge in [0.25, 0.3) is 0 Å². The maximum absolute atomic E-state index is 13.6. The lowest BCUT2D eigenvalue weighted by atomic mass is 10.0. The van der Waals surface area contributed by atoms with Gasteiger partial charge >= 0.3 is 11.7 Å². The van der Waals surface area contributed by atoms with Crippen LogP contribution in [0.15, 0.2) is 66.9 Å². The number of pyridine rings is 1. The number of methoxy groups -OCH3 is 1. The summed E-state index contributed by atoms with van der Waals surface area (Å²) in [6, 6.07) is 16.1. The fourth-order valence-electron chi connectivity index (χ4n) is 4.06. The van der Waals surface area contributed by atoms with Crippen LogP contribution in [0.5, 0.6) is 11.5 Å². The molecule has 188 valence electrons. The van der Waals surface area contributed by atoms with Gasteiger partial charge in [-0.1, -0.05) is 30.3 Å². The number of nitro groups is 1. The molecule has 0 aliphatic carbocycles. The molecule has 0 aliphatic rings. The third-order valence-corrected chi connectivity index (χ3v) is 5.71. The van der Waals surface area contributed by atoms with Crippen molar-refractivity contribution >= 4 is 34.6 Å². The van der Waals surface area contributed by atoms with E-state index < -0.39 is 16.7 Å². The molecule has 2 aromatic heterocycles. The van der Waals surface area contributed by atoms with Crippen molar-refractivity contribution in [3.05, 3.63) is 99.4 Å². The Bertz CT molecular complexity index is 1540. The minimum Gasteiger partial charge on any atom is -0.490 e. The molecular formula is C27H23N3O7. The van der Waals surface area contributed by atoms with E-state index in [1.165, 1.54) is 32.2 Å². The molecule has 37 heavy (non-hydrogen) atoms. The van der Waals surface area contributed by atoms with Crippen LogP contribution in [-0.2, 0) is 16.0 Å². The van der Waals surface area contributed by atoms with E-state index in [9.17, 15) is 24.5 Å². The van der Waals surface area contributed by atoms with Crippen molar-refractivity contribution in [2.24, 2.45) is 0 Å². The van der Waals surface area contributed by atoms with E-state index >= 15 is 0 Å². The first-order valence-corrected chi connectivity index (χ1v) is 11.2. The van der Waals surface area contributed by atoms with Gasteiger partial charge in [-0.25, -0.2) is 0 Å². The Morgan fingerprint density at radius 3 is 2.43 bits per heavy atom. The Kier molecular flexibility index (Phi) is 7.01. The molecule has 2 aromatic carbocycles. The molecule has 4 aromatic rings. The topological polar surface area (TPSA) is 129 Å². The van der Waals surface area contributed by atoms with Crippen molar-refractivity contribution in [2.75, 3.05) is 12.4 Å². The Labute approximate surface area is 211 Å². The number of ketones is 1. The number of rotatable bonds is 8. The monoisotopic (exact) mass is 501 g/mol. The van der Waals surface area contributed by atoms with Crippen LogP contribution in [0.2, 0.25) is 0 Å². The molecule has 0 bridgehead atoms. The maximum Gasteiger partial charge on any atom is 0.315 e.